The third kappa shape index (κ3) is 8.03. The second-order valence-corrected chi connectivity index (χ2v) is 11.6. The molecular formula is C26H37N3O5S. The van der Waals surface area contributed by atoms with Crippen molar-refractivity contribution in [1.82, 2.24) is 14.9 Å². The van der Waals surface area contributed by atoms with Gasteiger partial charge in [-0.15, -0.1) is 0 Å². The highest BCUT2D eigenvalue weighted by Crippen LogP contribution is 2.21. The molecule has 1 saturated heterocycles. The molecule has 35 heavy (non-hydrogen) atoms. The predicted molar refractivity (Wildman–Crippen MR) is 135 cm³/mol. The average Bonchev–Trinajstić information content (AvgIpc) is 3.31. The minimum Gasteiger partial charge on any atom is -0.508 e. The Labute approximate surface area is 208 Å². The molecule has 0 unspecified atom stereocenters. The Morgan fingerprint density at radius 2 is 1.80 bits per heavy atom. The SMILES string of the molecule is CC(C)CN(C[C@@H](O)[C@H](Cc1ccccc1)NC(=O)C[C@H]1CCNC1)S(=O)(=O)c1ccc(O)cc1. The molecule has 0 spiro atoms. The number of carbonyl (C=O) groups is 1. The van der Waals surface area contributed by atoms with E-state index in [4.69, 9.17) is 0 Å². The zero-order valence-corrected chi connectivity index (χ0v) is 21.2. The van der Waals surface area contributed by atoms with Crippen molar-refractivity contribution in [1.29, 1.82) is 0 Å². The first-order valence-corrected chi connectivity index (χ1v) is 13.6. The maximum Gasteiger partial charge on any atom is 0.243 e. The number of nitrogens with zero attached hydrogens (tertiary/aromatic N) is 1. The number of carbonyl (C=O) groups excluding carboxylic acids is 1. The van der Waals surface area contributed by atoms with Gasteiger partial charge in [0.05, 0.1) is 17.0 Å². The maximum atomic E-state index is 13.4. The van der Waals surface area contributed by atoms with E-state index in [0.29, 0.717) is 12.8 Å². The number of sulfonamides is 1. The molecule has 0 radical (unpaired) electrons. The molecule has 1 heterocycles. The smallest absolute Gasteiger partial charge is 0.243 e. The lowest BCUT2D eigenvalue weighted by Crippen LogP contribution is -2.51. The van der Waals surface area contributed by atoms with Gasteiger partial charge in [0.2, 0.25) is 15.9 Å². The molecule has 0 bridgehead atoms. The second kappa shape index (κ2) is 12.5. The van der Waals surface area contributed by atoms with Crippen LogP contribution in [0.3, 0.4) is 0 Å². The second-order valence-electron chi connectivity index (χ2n) is 9.70. The van der Waals surface area contributed by atoms with Gasteiger partial charge in [-0.25, -0.2) is 8.42 Å². The van der Waals surface area contributed by atoms with E-state index in [0.717, 1.165) is 25.1 Å². The van der Waals surface area contributed by atoms with E-state index in [1.807, 2.05) is 44.2 Å². The normalized spacial score (nSPS) is 18.0. The first kappa shape index (κ1) is 27.1. The standard InChI is InChI=1S/C26H37N3O5S/c1-19(2)17-29(35(33,34)23-10-8-22(30)9-11-23)18-25(31)24(14-20-6-4-3-5-7-20)28-26(32)15-21-12-13-27-16-21/h3-11,19,21,24-25,27,30-31H,12-18H2,1-2H3,(H,28,32)/t21-,24+,25-/m1/s1. The van der Waals surface area contributed by atoms with Gasteiger partial charge in [-0.05, 0) is 67.6 Å². The highest BCUT2D eigenvalue weighted by Gasteiger charge is 2.31. The Kier molecular flexibility index (Phi) is 9.68. The largest absolute Gasteiger partial charge is 0.508 e. The van der Waals surface area contributed by atoms with Crippen molar-refractivity contribution >= 4 is 15.9 Å². The van der Waals surface area contributed by atoms with Crippen molar-refractivity contribution in [2.24, 2.45) is 11.8 Å². The van der Waals surface area contributed by atoms with Crippen LogP contribution in [-0.4, -0.2) is 67.2 Å². The van der Waals surface area contributed by atoms with Crippen LogP contribution in [0.1, 0.15) is 32.3 Å². The molecule has 1 aliphatic rings. The fraction of sp³-hybridized carbons (Fsp3) is 0.500. The number of amides is 1. The van der Waals surface area contributed by atoms with Gasteiger partial charge < -0.3 is 20.8 Å². The molecule has 1 fully saturated rings. The zero-order valence-electron chi connectivity index (χ0n) is 20.4. The Hall–Kier alpha value is -2.46. The first-order valence-electron chi connectivity index (χ1n) is 12.2. The van der Waals surface area contributed by atoms with E-state index in [2.05, 4.69) is 10.6 Å². The van der Waals surface area contributed by atoms with Gasteiger partial charge >= 0.3 is 0 Å². The number of aliphatic hydroxyl groups excluding tert-OH is 1. The summed E-state index contributed by atoms with van der Waals surface area (Å²) in [5, 5.41) is 27.0. The van der Waals surface area contributed by atoms with Crippen molar-refractivity contribution in [2.75, 3.05) is 26.2 Å². The van der Waals surface area contributed by atoms with Gasteiger partial charge in [0.15, 0.2) is 0 Å². The third-order valence-electron chi connectivity index (χ3n) is 6.18. The first-order chi connectivity index (χ1) is 16.6. The summed E-state index contributed by atoms with van der Waals surface area (Å²) in [6.45, 7) is 5.55. The Morgan fingerprint density at radius 1 is 1.11 bits per heavy atom. The molecule has 1 amide bonds. The quantitative estimate of drug-likeness (QED) is 0.352. The van der Waals surface area contributed by atoms with Crippen LogP contribution in [0.4, 0.5) is 0 Å². The monoisotopic (exact) mass is 503 g/mol. The maximum absolute atomic E-state index is 13.4. The molecule has 1 aliphatic heterocycles. The molecule has 192 valence electrons. The highest BCUT2D eigenvalue weighted by atomic mass is 32.2. The van der Waals surface area contributed by atoms with E-state index in [1.54, 1.807) is 0 Å². The molecule has 4 N–H and O–H groups in total. The van der Waals surface area contributed by atoms with Crippen molar-refractivity contribution in [3.05, 3.63) is 60.2 Å². The molecule has 0 aromatic heterocycles. The minimum absolute atomic E-state index is 0.0196. The molecule has 3 atom stereocenters. The predicted octanol–water partition coefficient (Wildman–Crippen LogP) is 2.13. The fourth-order valence-corrected chi connectivity index (χ4v) is 5.97. The highest BCUT2D eigenvalue weighted by molar-refractivity contribution is 7.89. The molecule has 0 saturated carbocycles. The average molecular weight is 504 g/mol. The van der Waals surface area contributed by atoms with Crippen LogP contribution in [0.5, 0.6) is 5.75 Å². The summed E-state index contributed by atoms with van der Waals surface area (Å²) in [4.78, 5) is 12.9. The zero-order chi connectivity index (χ0) is 25.4. The fourth-order valence-electron chi connectivity index (χ4n) is 4.35. The molecule has 2 aromatic rings. The summed E-state index contributed by atoms with van der Waals surface area (Å²) >= 11 is 0. The number of rotatable bonds is 12. The summed E-state index contributed by atoms with van der Waals surface area (Å²) < 4.78 is 28.0. The van der Waals surface area contributed by atoms with Crippen molar-refractivity contribution in [2.45, 2.75) is 50.2 Å². The molecule has 2 aromatic carbocycles. The van der Waals surface area contributed by atoms with Crippen LogP contribution in [0.15, 0.2) is 59.5 Å². The Morgan fingerprint density at radius 3 is 2.40 bits per heavy atom. The lowest BCUT2D eigenvalue weighted by atomic mass is 9.99. The van der Waals surface area contributed by atoms with Gasteiger partial charge in [0.25, 0.3) is 0 Å². The van der Waals surface area contributed by atoms with Gasteiger partial charge in [0, 0.05) is 19.5 Å². The molecule has 8 nitrogen and oxygen atoms in total. The summed E-state index contributed by atoms with van der Waals surface area (Å²) in [6.07, 6.45) is 0.566. The molecular weight excluding hydrogens is 466 g/mol. The molecule has 0 aliphatic carbocycles. The topological polar surface area (TPSA) is 119 Å². The third-order valence-corrected chi connectivity index (χ3v) is 8.03. The number of benzene rings is 2. The van der Waals surface area contributed by atoms with Crippen molar-refractivity contribution in [3.63, 3.8) is 0 Å². The van der Waals surface area contributed by atoms with Crippen LogP contribution < -0.4 is 10.6 Å². The number of hydrogen-bond acceptors (Lipinski definition) is 6. The van der Waals surface area contributed by atoms with Crippen LogP contribution in [-0.2, 0) is 21.2 Å². The van der Waals surface area contributed by atoms with Crippen LogP contribution in [0.2, 0.25) is 0 Å². The van der Waals surface area contributed by atoms with Crippen molar-refractivity contribution < 1.29 is 23.4 Å². The number of phenols is 1. The van der Waals surface area contributed by atoms with E-state index >= 15 is 0 Å². The Balaban J connectivity index is 1.80. The number of aliphatic hydroxyl groups is 1. The van der Waals surface area contributed by atoms with Crippen LogP contribution in [0, 0.1) is 11.8 Å². The van der Waals surface area contributed by atoms with Gasteiger partial charge in [-0.2, -0.15) is 4.31 Å². The van der Waals surface area contributed by atoms with E-state index in [1.165, 1.54) is 28.6 Å². The van der Waals surface area contributed by atoms with Gasteiger partial charge in [-0.3, -0.25) is 4.79 Å². The number of phenolic OH excluding ortho intramolecular Hbond substituents is 1. The van der Waals surface area contributed by atoms with E-state index in [9.17, 15) is 23.4 Å². The van der Waals surface area contributed by atoms with Crippen LogP contribution in [0.25, 0.3) is 0 Å². The number of hydrogen-bond donors (Lipinski definition) is 4. The number of aromatic hydroxyl groups is 1. The van der Waals surface area contributed by atoms with Gasteiger partial charge in [-0.1, -0.05) is 44.2 Å². The summed E-state index contributed by atoms with van der Waals surface area (Å²) in [7, 11) is -3.92. The summed E-state index contributed by atoms with van der Waals surface area (Å²) in [5.41, 5.74) is 0.941. The summed E-state index contributed by atoms with van der Waals surface area (Å²) in [6, 6.07) is 14.2. The van der Waals surface area contributed by atoms with Gasteiger partial charge in [0.1, 0.15) is 5.75 Å². The lowest BCUT2D eigenvalue weighted by Gasteiger charge is -2.31. The van der Waals surface area contributed by atoms with Crippen molar-refractivity contribution in [3.8, 4) is 5.75 Å². The summed E-state index contributed by atoms with van der Waals surface area (Å²) in [5.74, 6) is 0.112. The van der Waals surface area contributed by atoms with Crippen LogP contribution >= 0.6 is 0 Å². The lowest BCUT2D eigenvalue weighted by molar-refractivity contribution is -0.123. The number of nitrogens with one attached hydrogen (secondary N) is 2. The molecule has 9 heteroatoms. The Bertz CT molecular complexity index is 1040. The minimum atomic E-state index is -3.92. The van der Waals surface area contributed by atoms with E-state index in [-0.39, 0.29) is 41.5 Å². The van der Waals surface area contributed by atoms with E-state index < -0.39 is 22.2 Å². The molecule has 3 rings (SSSR count).